The number of fused-ring (bicyclic) bond motifs is 1. The zero-order chi connectivity index (χ0) is 33.8. The number of nitrogens with one attached hydrogen (secondary N) is 1. The predicted molar refractivity (Wildman–Crippen MR) is 181 cm³/mol. The maximum atomic E-state index is 14.5. The smallest absolute Gasteiger partial charge is 0.336 e. The van der Waals surface area contributed by atoms with E-state index in [0.717, 1.165) is 28.1 Å². The van der Waals surface area contributed by atoms with Crippen LogP contribution in [0.25, 0.3) is 0 Å². The van der Waals surface area contributed by atoms with Crippen LogP contribution in [0, 0.1) is 0 Å². The van der Waals surface area contributed by atoms with Gasteiger partial charge in [-0.25, -0.2) is 9.78 Å². The first kappa shape index (κ1) is 31.9. The van der Waals surface area contributed by atoms with E-state index in [1.165, 1.54) is 17.0 Å². The second-order valence-electron chi connectivity index (χ2n) is 11.9. The van der Waals surface area contributed by atoms with E-state index in [4.69, 9.17) is 0 Å². The van der Waals surface area contributed by atoms with Gasteiger partial charge in [-0.15, -0.1) is 0 Å². The molecule has 0 radical (unpaired) electrons. The van der Waals surface area contributed by atoms with Crippen LogP contribution in [0.15, 0.2) is 116 Å². The Hall–Kier alpha value is -6.03. The highest BCUT2D eigenvalue weighted by molar-refractivity contribution is 6.10. The number of hydrogen-bond donors (Lipinski definition) is 2. The van der Waals surface area contributed by atoms with Crippen molar-refractivity contribution in [3.05, 3.63) is 155 Å². The number of benzene rings is 4. The van der Waals surface area contributed by atoms with Gasteiger partial charge in [0, 0.05) is 38.4 Å². The molecule has 1 aliphatic heterocycles. The topological polar surface area (TPSA) is 125 Å². The number of aromatic carboxylic acids is 1. The van der Waals surface area contributed by atoms with Crippen molar-refractivity contribution in [2.45, 2.75) is 31.5 Å². The highest BCUT2D eigenvalue weighted by Gasteiger charge is 2.40. The Balaban J connectivity index is 1.23. The van der Waals surface area contributed by atoms with E-state index in [0.29, 0.717) is 18.7 Å². The molecule has 242 valence electrons. The second kappa shape index (κ2) is 13.8. The molecule has 48 heavy (non-hydrogen) atoms. The Morgan fingerprint density at radius 2 is 1.42 bits per heavy atom. The molecule has 1 unspecified atom stereocenters. The summed E-state index contributed by atoms with van der Waals surface area (Å²) in [6.07, 6.45) is 2.05. The number of hydrogen-bond acceptors (Lipinski definition) is 5. The van der Waals surface area contributed by atoms with Gasteiger partial charge in [0.2, 0.25) is 11.8 Å². The lowest BCUT2D eigenvalue weighted by molar-refractivity contribution is -0.146. The minimum atomic E-state index is -1.17. The number of carbonyl (C=O) groups is 4. The third-order valence-electron chi connectivity index (χ3n) is 8.60. The summed E-state index contributed by atoms with van der Waals surface area (Å²) in [7, 11) is 3.40. The minimum Gasteiger partial charge on any atom is -0.478 e. The Bertz CT molecular complexity index is 1920. The number of nitrogens with zero attached hydrogens (tertiary/aromatic N) is 4. The average Bonchev–Trinajstić information content (AvgIpc) is 3.50. The van der Waals surface area contributed by atoms with Gasteiger partial charge in [0.25, 0.3) is 5.91 Å². The summed E-state index contributed by atoms with van der Waals surface area (Å²) in [5.41, 5.74) is 4.80. The fourth-order valence-electron chi connectivity index (χ4n) is 6.16. The molecule has 2 heterocycles. The van der Waals surface area contributed by atoms with Crippen LogP contribution in [0.4, 0.5) is 5.69 Å². The van der Waals surface area contributed by atoms with Crippen LogP contribution in [-0.4, -0.2) is 68.3 Å². The van der Waals surface area contributed by atoms with Crippen LogP contribution in [0.2, 0.25) is 0 Å². The molecule has 0 saturated heterocycles. The second-order valence-corrected chi connectivity index (χ2v) is 11.9. The summed E-state index contributed by atoms with van der Waals surface area (Å²) >= 11 is 0. The summed E-state index contributed by atoms with van der Waals surface area (Å²) in [6.45, 7) is 0.663. The molecule has 0 fully saturated rings. The molecule has 4 aromatic carbocycles. The van der Waals surface area contributed by atoms with Crippen molar-refractivity contribution in [1.82, 2.24) is 19.4 Å². The van der Waals surface area contributed by atoms with Gasteiger partial charge in [-0.1, -0.05) is 84.9 Å². The number of aromatic nitrogens is 2. The minimum absolute atomic E-state index is 0.0709. The molecule has 0 aliphatic carbocycles. The number of rotatable bonds is 9. The van der Waals surface area contributed by atoms with Crippen LogP contribution in [0.1, 0.15) is 54.7 Å². The van der Waals surface area contributed by atoms with Crippen molar-refractivity contribution >= 4 is 29.4 Å². The normalized spacial score (nSPS) is 13.9. The summed E-state index contributed by atoms with van der Waals surface area (Å²) in [5.74, 6) is -2.58. The van der Waals surface area contributed by atoms with Crippen molar-refractivity contribution in [2.75, 3.05) is 19.4 Å². The number of imidazole rings is 1. The van der Waals surface area contributed by atoms with E-state index in [1.807, 2.05) is 77.4 Å². The zero-order valence-corrected chi connectivity index (χ0v) is 26.6. The van der Waals surface area contributed by atoms with Crippen molar-refractivity contribution < 1.29 is 24.3 Å². The van der Waals surface area contributed by atoms with Crippen LogP contribution < -0.4 is 5.32 Å². The quantitative estimate of drug-likeness (QED) is 0.232. The first-order valence-corrected chi connectivity index (χ1v) is 15.6. The third-order valence-corrected chi connectivity index (χ3v) is 8.60. The van der Waals surface area contributed by atoms with E-state index < -0.39 is 23.8 Å². The third kappa shape index (κ3) is 6.59. The van der Waals surface area contributed by atoms with Crippen molar-refractivity contribution in [2.24, 2.45) is 0 Å². The summed E-state index contributed by atoms with van der Waals surface area (Å²) in [6, 6.07) is 31.8. The fourth-order valence-corrected chi connectivity index (χ4v) is 6.16. The lowest BCUT2D eigenvalue weighted by atomic mass is 9.88. The standard InChI is InChI=1S/C38H35N5O5/c1-41(2)36(45)33-21-32-31(23-43(33)37(46)34(26-11-5-3-6-12-26)27-13-7-4-8-14-27)39-24-42(32)22-25-17-19-28(20-18-25)40-35(44)29-15-9-10-16-30(29)38(47)48/h3-20,24,33-34H,21-23H2,1-2H3,(H,40,44)(H,47,48). The molecule has 1 atom stereocenters. The maximum absolute atomic E-state index is 14.5. The average molecular weight is 642 g/mol. The molecular weight excluding hydrogens is 606 g/mol. The first-order valence-electron chi connectivity index (χ1n) is 15.6. The van der Waals surface area contributed by atoms with Gasteiger partial charge in [0.1, 0.15) is 6.04 Å². The highest BCUT2D eigenvalue weighted by Crippen LogP contribution is 2.32. The van der Waals surface area contributed by atoms with Gasteiger partial charge < -0.3 is 24.8 Å². The van der Waals surface area contributed by atoms with Gasteiger partial charge in [-0.3, -0.25) is 14.4 Å². The summed E-state index contributed by atoms with van der Waals surface area (Å²) < 4.78 is 2.00. The van der Waals surface area contributed by atoms with E-state index in [1.54, 1.807) is 49.6 Å². The Labute approximate surface area is 278 Å². The van der Waals surface area contributed by atoms with Crippen LogP contribution in [-0.2, 0) is 29.1 Å². The molecule has 0 spiro atoms. The van der Waals surface area contributed by atoms with Crippen molar-refractivity contribution in [3.8, 4) is 0 Å². The molecule has 1 aliphatic rings. The van der Waals surface area contributed by atoms with E-state index in [9.17, 15) is 24.3 Å². The maximum Gasteiger partial charge on any atom is 0.336 e. The lowest BCUT2D eigenvalue weighted by Gasteiger charge is -2.38. The number of amides is 3. The van der Waals surface area contributed by atoms with Crippen LogP contribution in [0.5, 0.6) is 0 Å². The molecule has 6 rings (SSSR count). The monoisotopic (exact) mass is 641 g/mol. The van der Waals surface area contributed by atoms with Crippen molar-refractivity contribution in [1.29, 1.82) is 0 Å². The molecule has 0 bridgehead atoms. The number of carbonyl (C=O) groups excluding carboxylic acids is 3. The molecule has 3 amide bonds. The van der Waals surface area contributed by atoms with E-state index in [2.05, 4.69) is 10.3 Å². The van der Waals surface area contributed by atoms with Gasteiger partial charge in [-0.2, -0.15) is 0 Å². The molecule has 5 aromatic rings. The molecular formula is C38H35N5O5. The SMILES string of the molecule is CN(C)C(=O)C1Cc2c(ncn2Cc2ccc(NC(=O)c3ccccc3C(=O)O)cc2)CN1C(=O)C(c1ccccc1)c1ccccc1. The Kier molecular flexibility index (Phi) is 9.15. The number of carboxylic acids is 1. The Morgan fingerprint density at radius 3 is 2.00 bits per heavy atom. The van der Waals surface area contributed by atoms with Crippen LogP contribution >= 0.6 is 0 Å². The van der Waals surface area contributed by atoms with Gasteiger partial charge >= 0.3 is 5.97 Å². The summed E-state index contributed by atoms with van der Waals surface area (Å²) in [4.78, 5) is 60.3. The lowest BCUT2D eigenvalue weighted by Crippen LogP contribution is -2.53. The summed E-state index contributed by atoms with van der Waals surface area (Å²) in [5, 5.41) is 12.2. The molecule has 1 aromatic heterocycles. The molecule has 0 saturated carbocycles. The highest BCUT2D eigenvalue weighted by atomic mass is 16.4. The van der Waals surface area contributed by atoms with Gasteiger partial charge in [0.05, 0.1) is 35.6 Å². The predicted octanol–water partition coefficient (Wildman–Crippen LogP) is 5.06. The number of carboxylic acid groups (broad SMARTS) is 1. The molecule has 10 nitrogen and oxygen atoms in total. The van der Waals surface area contributed by atoms with E-state index in [-0.39, 0.29) is 29.5 Å². The van der Waals surface area contributed by atoms with Gasteiger partial charge in [0.15, 0.2) is 0 Å². The first-order chi connectivity index (χ1) is 23.2. The van der Waals surface area contributed by atoms with E-state index >= 15 is 0 Å². The largest absolute Gasteiger partial charge is 0.478 e. The number of anilines is 1. The molecule has 10 heteroatoms. The fraction of sp³-hybridized carbons (Fsp3) is 0.184. The zero-order valence-electron chi connectivity index (χ0n) is 26.6. The number of likely N-dealkylation sites (N-methyl/N-ethyl adjacent to an activating group) is 1. The molecule has 2 N–H and O–H groups in total. The van der Waals surface area contributed by atoms with Crippen molar-refractivity contribution in [3.63, 3.8) is 0 Å². The van der Waals surface area contributed by atoms with Crippen LogP contribution in [0.3, 0.4) is 0 Å². The Morgan fingerprint density at radius 1 is 0.833 bits per heavy atom. The van der Waals surface area contributed by atoms with Gasteiger partial charge in [-0.05, 0) is 41.0 Å².